The summed E-state index contributed by atoms with van der Waals surface area (Å²) in [6.07, 6.45) is 3.62. The zero-order valence-electron chi connectivity index (χ0n) is 13.1. The minimum atomic E-state index is 0.0690. The number of benzene rings is 1. The first-order chi connectivity index (χ1) is 10.2. The summed E-state index contributed by atoms with van der Waals surface area (Å²) in [6.45, 7) is 5.28. The third kappa shape index (κ3) is 5.04. The maximum absolute atomic E-state index is 12.3. The lowest BCUT2D eigenvalue weighted by molar-refractivity contribution is 0.0946. The van der Waals surface area contributed by atoms with Gasteiger partial charge in [0, 0.05) is 11.4 Å². The van der Waals surface area contributed by atoms with Crippen molar-refractivity contribution in [2.45, 2.75) is 31.1 Å². The smallest absolute Gasteiger partial charge is 0.252 e. The summed E-state index contributed by atoms with van der Waals surface area (Å²) in [5.41, 5.74) is 0.813. The molecule has 1 aromatic rings. The highest BCUT2D eigenvalue weighted by Gasteiger charge is 2.17. The van der Waals surface area contributed by atoms with Gasteiger partial charge in [-0.1, -0.05) is 19.1 Å². The topological polar surface area (TPSA) is 32.3 Å². The molecule has 1 aliphatic rings. The standard InChI is InChI=1S/C17H26N2OS/c1-3-21-16-7-5-4-6-15(16)17(20)18-11-8-14-9-12-19(2)13-10-14/h4-7,14H,3,8-13H2,1-2H3,(H,18,20). The van der Waals surface area contributed by atoms with Crippen LogP contribution < -0.4 is 5.32 Å². The van der Waals surface area contributed by atoms with Crippen LogP contribution in [0.5, 0.6) is 0 Å². The molecule has 0 radical (unpaired) electrons. The molecule has 0 spiro atoms. The van der Waals surface area contributed by atoms with Crippen molar-refractivity contribution in [3.63, 3.8) is 0 Å². The number of nitrogens with one attached hydrogen (secondary N) is 1. The Morgan fingerprint density at radius 3 is 2.76 bits per heavy atom. The van der Waals surface area contributed by atoms with Crippen LogP contribution in [0.2, 0.25) is 0 Å². The molecule has 3 nitrogen and oxygen atoms in total. The van der Waals surface area contributed by atoms with E-state index in [0.717, 1.165) is 35.1 Å². The monoisotopic (exact) mass is 306 g/mol. The quantitative estimate of drug-likeness (QED) is 0.819. The Hall–Kier alpha value is -1.00. The Kier molecular flexibility index (Phi) is 6.58. The van der Waals surface area contributed by atoms with E-state index in [1.807, 2.05) is 24.3 Å². The summed E-state index contributed by atoms with van der Waals surface area (Å²) in [6, 6.07) is 7.88. The van der Waals surface area contributed by atoms with Gasteiger partial charge >= 0.3 is 0 Å². The van der Waals surface area contributed by atoms with Crippen LogP contribution in [-0.2, 0) is 0 Å². The van der Waals surface area contributed by atoms with E-state index in [1.54, 1.807) is 11.8 Å². The molecular weight excluding hydrogens is 280 g/mol. The maximum atomic E-state index is 12.3. The van der Waals surface area contributed by atoms with Crippen molar-refractivity contribution in [3.05, 3.63) is 29.8 Å². The molecule has 116 valence electrons. The second-order valence-corrected chi connectivity index (χ2v) is 7.03. The van der Waals surface area contributed by atoms with Crippen LogP contribution in [0.3, 0.4) is 0 Å². The Morgan fingerprint density at radius 2 is 2.05 bits per heavy atom. The second kappa shape index (κ2) is 8.44. The molecule has 0 aliphatic carbocycles. The molecule has 1 amide bonds. The van der Waals surface area contributed by atoms with E-state index in [1.165, 1.54) is 25.9 Å². The van der Waals surface area contributed by atoms with Gasteiger partial charge in [0.2, 0.25) is 0 Å². The number of carbonyl (C=O) groups excluding carboxylic acids is 1. The van der Waals surface area contributed by atoms with Crippen LogP contribution in [0.15, 0.2) is 29.2 Å². The van der Waals surface area contributed by atoms with Crippen molar-refractivity contribution >= 4 is 17.7 Å². The molecule has 1 aliphatic heterocycles. The normalized spacial score (nSPS) is 16.9. The van der Waals surface area contributed by atoms with Crippen LogP contribution in [0.1, 0.15) is 36.5 Å². The lowest BCUT2D eigenvalue weighted by atomic mass is 9.94. The molecule has 1 aromatic carbocycles. The fourth-order valence-electron chi connectivity index (χ4n) is 2.77. The average molecular weight is 306 g/mol. The highest BCUT2D eigenvalue weighted by atomic mass is 32.2. The molecular formula is C17H26N2OS. The third-order valence-corrected chi connectivity index (χ3v) is 5.06. The number of rotatable bonds is 6. The first kappa shape index (κ1) is 16.4. The van der Waals surface area contributed by atoms with Gasteiger partial charge in [0.15, 0.2) is 0 Å². The molecule has 1 fully saturated rings. The van der Waals surface area contributed by atoms with Crippen molar-refractivity contribution in [1.82, 2.24) is 10.2 Å². The zero-order valence-corrected chi connectivity index (χ0v) is 13.9. The predicted molar refractivity (Wildman–Crippen MR) is 90.0 cm³/mol. The van der Waals surface area contributed by atoms with Gasteiger partial charge in [-0.15, -0.1) is 11.8 Å². The van der Waals surface area contributed by atoms with Gasteiger partial charge in [0.25, 0.3) is 5.91 Å². The van der Waals surface area contributed by atoms with E-state index in [9.17, 15) is 4.79 Å². The van der Waals surface area contributed by atoms with Gasteiger partial charge in [0.05, 0.1) is 5.56 Å². The van der Waals surface area contributed by atoms with Crippen molar-refractivity contribution in [2.75, 3.05) is 32.4 Å². The molecule has 1 saturated heterocycles. The third-order valence-electron chi connectivity index (χ3n) is 4.11. The summed E-state index contributed by atoms with van der Waals surface area (Å²) < 4.78 is 0. The first-order valence-corrected chi connectivity index (χ1v) is 8.87. The fourth-order valence-corrected chi connectivity index (χ4v) is 3.57. The highest BCUT2D eigenvalue weighted by molar-refractivity contribution is 7.99. The van der Waals surface area contributed by atoms with E-state index < -0.39 is 0 Å². The molecule has 1 N–H and O–H groups in total. The van der Waals surface area contributed by atoms with Crippen LogP contribution in [0.25, 0.3) is 0 Å². The number of hydrogen-bond acceptors (Lipinski definition) is 3. The number of hydrogen-bond donors (Lipinski definition) is 1. The maximum Gasteiger partial charge on any atom is 0.252 e. The number of thioether (sulfide) groups is 1. The van der Waals surface area contributed by atoms with Gasteiger partial charge in [-0.2, -0.15) is 0 Å². The summed E-state index contributed by atoms with van der Waals surface area (Å²) in [4.78, 5) is 15.8. The molecule has 1 heterocycles. The molecule has 0 atom stereocenters. The largest absolute Gasteiger partial charge is 0.352 e. The van der Waals surface area contributed by atoms with Gasteiger partial charge < -0.3 is 10.2 Å². The SMILES string of the molecule is CCSc1ccccc1C(=O)NCCC1CCN(C)CC1. The highest BCUT2D eigenvalue weighted by Crippen LogP contribution is 2.22. The van der Waals surface area contributed by atoms with Gasteiger partial charge in [-0.25, -0.2) is 0 Å². The number of carbonyl (C=O) groups is 1. The molecule has 21 heavy (non-hydrogen) atoms. The fraction of sp³-hybridized carbons (Fsp3) is 0.588. The number of nitrogens with zero attached hydrogens (tertiary/aromatic N) is 1. The van der Waals surface area contributed by atoms with E-state index in [4.69, 9.17) is 0 Å². The predicted octanol–water partition coefficient (Wildman–Crippen LogP) is 3.26. The minimum absolute atomic E-state index is 0.0690. The van der Waals surface area contributed by atoms with Crippen molar-refractivity contribution < 1.29 is 4.79 Å². The van der Waals surface area contributed by atoms with Gasteiger partial charge in [0.1, 0.15) is 0 Å². The summed E-state index contributed by atoms with van der Waals surface area (Å²) in [5, 5.41) is 3.09. The zero-order chi connectivity index (χ0) is 15.1. The van der Waals surface area contributed by atoms with Crippen molar-refractivity contribution in [3.8, 4) is 0 Å². The second-order valence-electron chi connectivity index (χ2n) is 5.72. The van der Waals surface area contributed by atoms with E-state index in [-0.39, 0.29) is 5.91 Å². The molecule has 0 unspecified atom stereocenters. The Balaban J connectivity index is 1.79. The molecule has 0 saturated carbocycles. The summed E-state index contributed by atoms with van der Waals surface area (Å²) in [5.74, 6) is 1.82. The van der Waals surface area contributed by atoms with Crippen LogP contribution in [0.4, 0.5) is 0 Å². The lowest BCUT2D eigenvalue weighted by Crippen LogP contribution is -2.32. The van der Waals surface area contributed by atoms with Gasteiger partial charge in [-0.3, -0.25) is 4.79 Å². The Labute approximate surface area is 132 Å². The lowest BCUT2D eigenvalue weighted by Gasteiger charge is -2.28. The molecule has 0 aromatic heterocycles. The molecule has 2 rings (SSSR count). The van der Waals surface area contributed by atoms with Crippen LogP contribution in [0, 0.1) is 5.92 Å². The summed E-state index contributed by atoms with van der Waals surface area (Å²) >= 11 is 1.73. The minimum Gasteiger partial charge on any atom is -0.352 e. The van der Waals surface area contributed by atoms with E-state index >= 15 is 0 Å². The average Bonchev–Trinajstić information content (AvgIpc) is 2.50. The van der Waals surface area contributed by atoms with Gasteiger partial charge in [-0.05, 0) is 63.2 Å². The van der Waals surface area contributed by atoms with Crippen LogP contribution in [-0.4, -0.2) is 43.2 Å². The first-order valence-electron chi connectivity index (χ1n) is 7.89. The number of amides is 1. The van der Waals surface area contributed by atoms with Crippen molar-refractivity contribution in [1.29, 1.82) is 0 Å². The van der Waals surface area contributed by atoms with Crippen LogP contribution >= 0.6 is 11.8 Å². The van der Waals surface area contributed by atoms with E-state index in [2.05, 4.69) is 24.2 Å². The molecule has 0 bridgehead atoms. The Morgan fingerprint density at radius 1 is 1.33 bits per heavy atom. The van der Waals surface area contributed by atoms with Crippen molar-refractivity contribution in [2.24, 2.45) is 5.92 Å². The number of piperidine rings is 1. The molecule has 4 heteroatoms. The summed E-state index contributed by atoms with van der Waals surface area (Å²) in [7, 11) is 2.18. The number of likely N-dealkylation sites (tertiary alicyclic amines) is 1. The van der Waals surface area contributed by atoms with E-state index in [0.29, 0.717) is 0 Å². The Bertz CT molecular complexity index is 456.